The van der Waals surface area contributed by atoms with Crippen LogP contribution in [0.5, 0.6) is 0 Å². The molecule has 9 heteroatoms. The minimum atomic E-state index is -1.39. The van der Waals surface area contributed by atoms with E-state index in [9.17, 15) is 9.18 Å². The number of rotatable bonds is 7. The number of fused-ring (bicyclic) bond motifs is 1. The van der Waals surface area contributed by atoms with Crippen molar-refractivity contribution < 1.29 is 9.18 Å². The molecule has 0 fully saturated rings. The average Bonchev–Trinajstić information content (AvgIpc) is 3.13. The molecule has 0 radical (unpaired) electrons. The number of halogens is 1. The third-order valence-corrected chi connectivity index (χ3v) is 4.73. The van der Waals surface area contributed by atoms with Crippen LogP contribution >= 0.6 is 0 Å². The van der Waals surface area contributed by atoms with Crippen molar-refractivity contribution in [1.29, 1.82) is 5.26 Å². The zero-order valence-electron chi connectivity index (χ0n) is 18.0. The number of anilines is 1. The first kappa shape index (κ1) is 22.2. The highest BCUT2D eigenvalue weighted by Crippen LogP contribution is 2.26. The maximum atomic E-state index is 14.1. The zero-order valence-corrected chi connectivity index (χ0v) is 18.0. The van der Waals surface area contributed by atoms with E-state index in [1.54, 1.807) is 30.5 Å². The third-order valence-electron chi connectivity index (χ3n) is 4.73. The molecule has 0 spiro atoms. The molecule has 0 aromatic carbocycles. The maximum Gasteiger partial charge on any atom is 0.255 e. The Labute approximate surface area is 180 Å². The number of nitriles is 1. The molecule has 3 aromatic rings. The molecule has 0 bridgehead atoms. The van der Waals surface area contributed by atoms with Gasteiger partial charge in [-0.05, 0) is 52.0 Å². The van der Waals surface area contributed by atoms with E-state index < -0.39 is 17.6 Å². The predicted octanol–water partition coefficient (Wildman–Crippen LogP) is 2.89. The van der Waals surface area contributed by atoms with Gasteiger partial charge in [0, 0.05) is 17.8 Å². The van der Waals surface area contributed by atoms with Crippen LogP contribution < -0.4 is 16.4 Å². The lowest BCUT2D eigenvalue weighted by molar-refractivity contribution is 0.0931. The minimum absolute atomic E-state index is 0.0547. The monoisotopic (exact) mass is 423 g/mol. The van der Waals surface area contributed by atoms with Gasteiger partial charge in [-0.3, -0.25) is 9.78 Å². The lowest BCUT2D eigenvalue weighted by atomic mass is 10.0. The van der Waals surface area contributed by atoms with Crippen molar-refractivity contribution in [3.63, 3.8) is 0 Å². The highest BCUT2D eigenvalue weighted by Gasteiger charge is 2.26. The first-order chi connectivity index (χ1) is 14.6. The standard InChI is InChI=1S/C22H26FN7O/c1-13(2)29-17-8-18(19-6-5-15-7-14(9-24)10-28-30(15)19)26-11-16(17)21(31)27-12-20(23)22(3,4)25/h5-8,10-11,13,20H,12,25H2,1-4H3,(H,26,29)(H,27,31)/t20-/m1/s1. The average molecular weight is 423 g/mol. The van der Waals surface area contributed by atoms with Crippen LogP contribution in [0.2, 0.25) is 0 Å². The second kappa shape index (κ2) is 8.70. The molecular formula is C22H26FN7O. The molecule has 3 aromatic heterocycles. The third kappa shape index (κ3) is 4.98. The van der Waals surface area contributed by atoms with Gasteiger partial charge >= 0.3 is 0 Å². The van der Waals surface area contributed by atoms with Crippen molar-refractivity contribution in [2.24, 2.45) is 5.73 Å². The Hall–Kier alpha value is -3.51. The Morgan fingerprint density at radius 1 is 1.32 bits per heavy atom. The zero-order chi connectivity index (χ0) is 22.8. The Kier molecular flexibility index (Phi) is 6.22. The molecule has 31 heavy (non-hydrogen) atoms. The summed E-state index contributed by atoms with van der Waals surface area (Å²) in [5.41, 5.74) is 8.12. The van der Waals surface area contributed by atoms with E-state index in [4.69, 9.17) is 11.0 Å². The van der Waals surface area contributed by atoms with E-state index in [2.05, 4.69) is 26.8 Å². The van der Waals surface area contributed by atoms with Crippen molar-refractivity contribution in [2.75, 3.05) is 11.9 Å². The summed E-state index contributed by atoms with van der Waals surface area (Å²) in [5.74, 6) is -0.439. The van der Waals surface area contributed by atoms with Crippen LogP contribution in [0.25, 0.3) is 16.9 Å². The number of pyridine rings is 1. The molecule has 4 N–H and O–H groups in total. The number of nitrogens with two attached hydrogens (primary N) is 1. The lowest BCUT2D eigenvalue weighted by Gasteiger charge is -2.24. The van der Waals surface area contributed by atoms with E-state index in [-0.39, 0.29) is 12.6 Å². The van der Waals surface area contributed by atoms with E-state index in [0.29, 0.717) is 28.2 Å². The normalized spacial score (nSPS) is 12.6. The maximum absolute atomic E-state index is 14.1. The highest BCUT2D eigenvalue weighted by molar-refractivity contribution is 6.00. The van der Waals surface area contributed by atoms with Gasteiger partial charge < -0.3 is 16.4 Å². The molecule has 0 aliphatic carbocycles. The topological polar surface area (TPSA) is 121 Å². The number of carbonyl (C=O) groups excluding carboxylic acids is 1. The van der Waals surface area contributed by atoms with E-state index in [0.717, 1.165) is 5.52 Å². The van der Waals surface area contributed by atoms with Crippen LogP contribution in [0.15, 0.2) is 36.7 Å². The van der Waals surface area contributed by atoms with Gasteiger partial charge in [0.1, 0.15) is 12.2 Å². The molecule has 0 aliphatic heterocycles. The van der Waals surface area contributed by atoms with Gasteiger partial charge in [-0.15, -0.1) is 0 Å². The summed E-state index contributed by atoms with van der Waals surface area (Å²) in [6, 6.07) is 9.31. The molecule has 0 unspecified atom stereocenters. The molecule has 1 atom stereocenters. The van der Waals surface area contributed by atoms with Gasteiger partial charge in [0.15, 0.2) is 0 Å². The summed E-state index contributed by atoms with van der Waals surface area (Å²) in [6.07, 6.45) is 1.55. The summed E-state index contributed by atoms with van der Waals surface area (Å²) >= 11 is 0. The highest BCUT2D eigenvalue weighted by atomic mass is 19.1. The van der Waals surface area contributed by atoms with Gasteiger partial charge in [0.05, 0.1) is 46.5 Å². The molecule has 162 valence electrons. The van der Waals surface area contributed by atoms with Crippen LogP contribution in [0.4, 0.5) is 10.1 Å². The van der Waals surface area contributed by atoms with Gasteiger partial charge in [-0.25, -0.2) is 8.91 Å². The Morgan fingerprint density at radius 2 is 2.06 bits per heavy atom. The Bertz CT molecular complexity index is 1140. The summed E-state index contributed by atoms with van der Waals surface area (Å²) in [4.78, 5) is 17.1. The fourth-order valence-electron chi connectivity index (χ4n) is 3.00. The molecule has 3 heterocycles. The van der Waals surface area contributed by atoms with Crippen molar-refractivity contribution in [3.8, 4) is 17.5 Å². The smallest absolute Gasteiger partial charge is 0.255 e. The molecule has 3 rings (SSSR count). The number of amides is 1. The second-order valence-corrected chi connectivity index (χ2v) is 8.32. The quantitative estimate of drug-likeness (QED) is 0.537. The van der Waals surface area contributed by atoms with Crippen LogP contribution in [0.1, 0.15) is 43.6 Å². The number of hydrogen-bond donors (Lipinski definition) is 3. The summed E-state index contributed by atoms with van der Waals surface area (Å²) in [6.45, 7) is 6.85. The number of nitrogens with zero attached hydrogens (tertiary/aromatic N) is 4. The summed E-state index contributed by atoms with van der Waals surface area (Å²) in [5, 5.41) is 19.2. The van der Waals surface area contributed by atoms with Gasteiger partial charge in [0.25, 0.3) is 5.91 Å². The molecular weight excluding hydrogens is 397 g/mol. The van der Waals surface area contributed by atoms with Crippen LogP contribution in [0, 0.1) is 11.3 Å². The van der Waals surface area contributed by atoms with E-state index in [1.165, 1.54) is 12.4 Å². The lowest BCUT2D eigenvalue weighted by Crippen LogP contribution is -2.48. The number of nitrogens with one attached hydrogen (secondary N) is 2. The SMILES string of the molecule is CC(C)Nc1cc(-c2ccc3cc(C#N)cnn23)ncc1C(=O)NC[C@@H](F)C(C)(C)N. The Balaban J connectivity index is 1.93. The van der Waals surface area contributed by atoms with Crippen LogP contribution in [0.3, 0.4) is 0 Å². The fourth-order valence-corrected chi connectivity index (χ4v) is 3.00. The Morgan fingerprint density at radius 3 is 2.71 bits per heavy atom. The largest absolute Gasteiger partial charge is 0.382 e. The predicted molar refractivity (Wildman–Crippen MR) is 117 cm³/mol. The fraction of sp³-hybridized carbons (Fsp3) is 0.364. The summed E-state index contributed by atoms with van der Waals surface area (Å²) in [7, 11) is 0. The number of carbonyl (C=O) groups is 1. The van der Waals surface area contributed by atoms with Crippen molar-refractivity contribution in [3.05, 3.63) is 47.8 Å². The molecule has 0 saturated carbocycles. The van der Waals surface area contributed by atoms with Crippen molar-refractivity contribution in [1.82, 2.24) is 19.9 Å². The van der Waals surface area contributed by atoms with Crippen molar-refractivity contribution in [2.45, 2.75) is 45.4 Å². The van der Waals surface area contributed by atoms with E-state index >= 15 is 0 Å². The number of aromatic nitrogens is 3. The van der Waals surface area contributed by atoms with Gasteiger partial charge in [-0.1, -0.05) is 0 Å². The molecule has 0 aliphatic rings. The van der Waals surface area contributed by atoms with Crippen LogP contribution in [-0.2, 0) is 0 Å². The first-order valence-corrected chi connectivity index (χ1v) is 9.96. The molecule has 8 nitrogen and oxygen atoms in total. The first-order valence-electron chi connectivity index (χ1n) is 9.96. The van der Waals surface area contributed by atoms with Crippen molar-refractivity contribution >= 4 is 17.1 Å². The number of alkyl halides is 1. The van der Waals surface area contributed by atoms with Crippen LogP contribution in [-0.4, -0.2) is 44.8 Å². The summed E-state index contributed by atoms with van der Waals surface area (Å²) < 4.78 is 15.8. The second-order valence-electron chi connectivity index (χ2n) is 8.32. The molecule has 1 amide bonds. The molecule has 0 saturated heterocycles. The minimum Gasteiger partial charge on any atom is -0.382 e. The number of hydrogen-bond acceptors (Lipinski definition) is 6. The van der Waals surface area contributed by atoms with Gasteiger partial charge in [-0.2, -0.15) is 10.4 Å². The van der Waals surface area contributed by atoms with Gasteiger partial charge in [0.2, 0.25) is 0 Å². The van der Waals surface area contributed by atoms with E-state index in [1.807, 2.05) is 26.0 Å².